The van der Waals surface area contributed by atoms with Gasteiger partial charge in [-0.3, -0.25) is 14.3 Å². The Morgan fingerprint density at radius 2 is 1.89 bits per heavy atom. The number of aryl methyl sites for hydroxylation is 1. The lowest BCUT2D eigenvalue weighted by atomic mass is 10.1. The Balaban J connectivity index is 2.21. The van der Waals surface area contributed by atoms with Crippen LogP contribution in [-0.2, 0) is 13.0 Å². The number of benzene rings is 1. The molecule has 19 heavy (non-hydrogen) atoms. The summed E-state index contributed by atoms with van der Waals surface area (Å²) in [5.41, 5.74) is 5.21. The Labute approximate surface area is 107 Å². The molecule has 1 aromatic carbocycles. The molecule has 7 heteroatoms. The first-order valence-electron chi connectivity index (χ1n) is 5.58. The zero-order valence-electron chi connectivity index (χ0n) is 9.96. The quantitative estimate of drug-likeness (QED) is 0.570. The van der Waals surface area contributed by atoms with Gasteiger partial charge in [0.2, 0.25) is 0 Å². The minimum Gasteiger partial charge on any atom is -0.504 e. The lowest BCUT2D eigenvalue weighted by Gasteiger charge is -2.08. The van der Waals surface area contributed by atoms with Gasteiger partial charge in [-0.15, -0.1) is 0 Å². The summed E-state index contributed by atoms with van der Waals surface area (Å²) in [4.78, 5) is 24.7. The second-order valence-electron chi connectivity index (χ2n) is 4.09. The molecule has 1 aromatic heterocycles. The van der Waals surface area contributed by atoms with Crippen molar-refractivity contribution in [3.05, 3.63) is 50.7 Å². The van der Waals surface area contributed by atoms with E-state index < -0.39 is 11.2 Å². The van der Waals surface area contributed by atoms with E-state index >= 15 is 0 Å². The monoisotopic (exact) mass is 263 g/mol. The lowest BCUT2D eigenvalue weighted by molar-refractivity contribution is 0.403. The molecular weight excluding hydrogens is 250 g/mol. The number of nitrogens with two attached hydrogens (primary N) is 1. The van der Waals surface area contributed by atoms with Gasteiger partial charge in [-0.25, -0.2) is 4.79 Å². The maximum absolute atomic E-state index is 11.5. The summed E-state index contributed by atoms with van der Waals surface area (Å²) < 4.78 is 1.23. The normalized spacial score (nSPS) is 10.5. The highest BCUT2D eigenvalue weighted by molar-refractivity contribution is 5.40. The van der Waals surface area contributed by atoms with Gasteiger partial charge in [-0.05, 0) is 24.1 Å². The zero-order chi connectivity index (χ0) is 14.0. The number of nitrogen functional groups attached to an aromatic ring is 1. The van der Waals surface area contributed by atoms with E-state index in [4.69, 9.17) is 5.73 Å². The van der Waals surface area contributed by atoms with Crippen LogP contribution in [0.1, 0.15) is 5.56 Å². The van der Waals surface area contributed by atoms with Crippen molar-refractivity contribution in [2.75, 3.05) is 5.73 Å². The minimum absolute atomic E-state index is 0.0803. The average Bonchev–Trinajstić information content (AvgIpc) is 2.32. The largest absolute Gasteiger partial charge is 0.504 e. The summed E-state index contributed by atoms with van der Waals surface area (Å²) in [5, 5.41) is 18.5. The van der Waals surface area contributed by atoms with E-state index in [-0.39, 0.29) is 23.9 Å². The summed E-state index contributed by atoms with van der Waals surface area (Å²) >= 11 is 0. The van der Waals surface area contributed by atoms with Gasteiger partial charge < -0.3 is 15.9 Å². The van der Waals surface area contributed by atoms with Crippen LogP contribution in [0.15, 0.2) is 33.9 Å². The molecule has 0 radical (unpaired) electrons. The molecule has 100 valence electrons. The number of aromatic hydroxyl groups is 2. The van der Waals surface area contributed by atoms with Crippen molar-refractivity contribution in [1.29, 1.82) is 0 Å². The predicted octanol–water partition coefficient (Wildman–Crippen LogP) is -0.227. The molecule has 0 aliphatic carbocycles. The highest BCUT2D eigenvalue weighted by Crippen LogP contribution is 2.25. The first kappa shape index (κ1) is 12.7. The van der Waals surface area contributed by atoms with Crippen molar-refractivity contribution >= 4 is 5.82 Å². The van der Waals surface area contributed by atoms with E-state index in [0.29, 0.717) is 6.42 Å². The number of aromatic amines is 1. The number of aromatic nitrogens is 2. The van der Waals surface area contributed by atoms with Gasteiger partial charge >= 0.3 is 5.69 Å². The van der Waals surface area contributed by atoms with Crippen LogP contribution in [0.3, 0.4) is 0 Å². The fourth-order valence-corrected chi connectivity index (χ4v) is 1.73. The maximum atomic E-state index is 11.5. The number of phenols is 2. The maximum Gasteiger partial charge on any atom is 0.329 e. The summed E-state index contributed by atoms with van der Waals surface area (Å²) in [6.45, 7) is 0.256. The van der Waals surface area contributed by atoms with Crippen LogP contribution in [-0.4, -0.2) is 19.8 Å². The topological polar surface area (TPSA) is 121 Å². The highest BCUT2D eigenvalue weighted by atomic mass is 16.3. The molecule has 0 bridgehead atoms. The van der Waals surface area contributed by atoms with Gasteiger partial charge in [0.25, 0.3) is 5.56 Å². The van der Waals surface area contributed by atoms with Crippen LogP contribution in [0.4, 0.5) is 5.82 Å². The van der Waals surface area contributed by atoms with Crippen LogP contribution in [0, 0.1) is 0 Å². The van der Waals surface area contributed by atoms with Crippen molar-refractivity contribution in [3.8, 4) is 11.5 Å². The molecule has 0 aliphatic heterocycles. The number of phenolic OH excluding ortho intramolecular Hbond substituents is 2. The molecule has 0 atom stereocenters. The van der Waals surface area contributed by atoms with Crippen molar-refractivity contribution in [2.24, 2.45) is 0 Å². The summed E-state index contributed by atoms with van der Waals surface area (Å²) in [7, 11) is 0. The zero-order valence-corrected chi connectivity index (χ0v) is 9.96. The van der Waals surface area contributed by atoms with Gasteiger partial charge in [0.1, 0.15) is 5.82 Å². The number of hydrogen-bond acceptors (Lipinski definition) is 5. The van der Waals surface area contributed by atoms with Gasteiger partial charge in [-0.2, -0.15) is 0 Å². The molecule has 0 saturated heterocycles. The molecule has 2 rings (SSSR count). The van der Waals surface area contributed by atoms with Gasteiger partial charge in [0, 0.05) is 12.6 Å². The number of nitrogens with one attached hydrogen (secondary N) is 1. The smallest absolute Gasteiger partial charge is 0.329 e. The minimum atomic E-state index is -0.576. The van der Waals surface area contributed by atoms with Crippen molar-refractivity contribution in [1.82, 2.24) is 9.55 Å². The Bertz CT molecular complexity index is 718. The van der Waals surface area contributed by atoms with Crippen LogP contribution in [0.25, 0.3) is 0 Å². The fourth-order valence-electron chi connectivity index (χ4n) is 1.73. The summed E-state index contributed by atoms with van der Waals surface area (Å²) in [6, 6.07) is 5.53. The van der Waals surface area contributed by atoms with Crippen LogP contribution in [0.2, 0.25) is 0 Å². The van der Waals surface area contributed by atoms with E-state index in [9.17, 15) is 19.8 Å². The van der Waals surface area contributed by atoms with Crippen LogP contribution >= 0.6 is 0 Å². The third-order valence-corrected chi connectivity index (χ3v) is 2.73. The van der Waals surface area contributed by atoms with Gasteiger partial charge in [-0.1, -0.05) is 6.07 Å². The number of anilines is 1. The SMILES string of the molecule is Nc1cc(=O)[nH]c(=O)n1CCc1ccc(O)c(O)c1. The van der Waals surface area contributed by atoms with E-state index in [1.807, 2.05) is 0 Å². The number of rotatable bonds is 3. The molecule has 0 unspecified atom stereocenters. The molecule has 0 amide bonds. The molecule has 2 aromatic rings. The second kappa shape index (κ2) is 4.89. The van der Waals surface area contributed by atoms with Crippen molar-refractivity contribution in [2.45, 2.75) is 13.0 Å². The molecule has 5 N–H and O–H groups in total. The first-order chi connectivity index (χ1) is 8.97. The molecular formula is C12H13N3O4. The molecule has 0 aliphatic rings. The molecule has 0 saturated carbocycles. The summed E-state index contributed by atoms with van der Waals surface area (Å²) in [6.07, 6.45) is 0.421. The molecule has 1 heterocycles. The summed E-state index contributed by atoms with van der Waals surface area (Å²) in [5.74, 6) is -0.347. The predicted molar refractivity (Wildman–Crippen MR) is 69.2 cm³/mol. The van der Waals surface area contributed by atoms with E-state index in [0.717, 1.165) is 11.6 Å². The third-order valence-electron chi connectivity index (χ3n) is 2.73. The number of nitrogens with zero attached hydrogens (tertiary/aromatic N) is 1. The Kier molecular flexibility index (Phi) is 3.28. The van der Waals surface area contributed by atoms with E-state index in [1.165, 1.54) is 16.7 Å². The number of H-pyrrole nitrogens is 1. The Morgan fingerprint density at radius 3 is 2.53 bits per heavy atom. The fraction of sp³-hybridized carbons (Fsp3) is 0.167. The Morgan fingerprint density at radius 1 is 1.16 bits per heavy atom. The van der Waals surface area contributed by atoms with E-state index in [1.54, 1.807) is 6.07 Å². The first-order valence-corrected chi connectivity index (χ1v) is 5.58. The number of hydrogen-bond donors (Lipinski definition) is 4. The van der Waals surface area contributed by atoms with Crippen molar-refractivity contribution in [3.63, 3.8) is 0 Å². The highest BCUT2D eigenvalue weighted by Gasteiger charge is 2.05. The Hall–Kier alpha value is -2.70. The standard InChI is InChI=1S/C12H13N3O4/c13-10-6-11(18)14-12(19)15(10)4-3-7-1-2-8(16)9(17)5-7/h1-2,5-6,16-17H,3-4,13H2,(H,14,18,19). The van der Waals surface area contributed by atoms with Gasteiger partial charge in [0.05, 0.1) is 0 Å². The lowest BCUT2D eigenvalue weighted by Crippen LogP contribution is -2.31. The molecule has 0 spiro atoms. The average molecular weight is 263 g/mol. The molecule has 7 nitrogen and oxygen atoms in total. The second-order valence-corrected chi connectivity index (χ2v) is 4.09. The van der Waals surface area contributed by atoms with Crippen LogP contribution < -0.4 is 17.0 Å². The van der Waals surface area contributed by atoms with Crippen molar-refractivity contribution < 1.29 is 10.2 Å². The molecule has 0 fully saturated rings. The van der Waals surface area contributed by atoms with Crippen LogP contribution in [0.5, 0.6) is 11.5 Å². The third kappa shape index (κ3) is 2.76. The van der Waals surface area contributed by atoms with Gasteiger partial charge in [0.15, 0.2) is 11.5 Å². The van der Waals surface area contributed by atoms with E-state index in [2.05, 4.69) is 4.98 Å².